The topological polar surface area (TPSA) is 35.5 Å². The third-order valence-corrected chi connectivity index (χ3v) is 1.15. The van der Waals surface area contributed by atoms with Crippen molar-refractivity contribution in [2.45, 2.75) is 0 Å². The molecular weight excluding hydrogens is 163 g/mol. The minimum atomic E-state index is -1.04. The van der Waals surface area contributed by atoms with E-state index in [2.05, 4.69) is 16.6 Å². The average Bonchev–Trinajstić information content (AvgIpc) is 2.09. The Morgan fingerprint density at radius 2 is 2.08 bits per heavy atom. The van der Waals surface area contributed by atoms with Crippen LogP contribution in [0.15, 0.2) is 24.3 Å². The maximum absolute atomic E-state index is 12.7. The quantitative estimate of drug-likeness (QED) is 0.477. The highest BCUT2D eigenvalue weighted by Gasteiger charge is 2.07. The van der Waals surface area contributed by atoms with Gasteiger partial charge in [-0.3, -0.25) is 0 Å². The van der Waals surface area contributed by atoms with Gasteiger partial charge in [0.05, 0.1) is 0 Å². The number of ether oxygens (including phenoxy) is 2. The second kappa shape index (κ2) is 3.71. The van der Waals surface area contributed by atoms with Gasteiger partial charge in [0.1, 0.15) is 7.11 Å². The summed E-state index contributed by atoms with van der Waals surface area (Å²) < 4.78 is 21.1. The van der Waals surface area contributed by atoms with Crippen LogP contribution in [0.5, 0.6) is 5.75 Å². The normalized spacial score (nSPS) is 9.17. The van der Waals surface area contributed by atoms with Crippen molar-refractivity contribution in [1.82, 2.24) is 0 Å². The van der Waals surface area contributed by atoms with E-state index in [1.807, 2.05) is 0 Å². The summed E-state index contributed by atoms with van der Waals surface area (Å²) in [5, 5.41) is 0. The second-order valence-corrected chi connectivity index (χ2v) is 1.93. The van der Waals surface area contributed by atoms with Gasteiger partial charge in [0.2, 0.25) is 0 Å². The Kier molecular flexibility index (Phi) is 2.63. The van der Waals surface area contributed by atoms with Crippen LogP contribution in [0.1, 0.15) is 0 Å². The van der Waals surface area contributed by atoms with Crippen molar-refractivity contribution in [2.24, 2.45) is 0 Å². The van der Waals surface area contributed by atoms with Crippen molar-refractivity contribution in [3.8, 4) is 5.75 Å². The zero-order valence-electron chi connectivity index (χ0n) is 6.12. The number of halogens is 1. The van der Waals surface area contributed by atoms with Crippen LogP contribution in [0.3, 0.4) is 0 Å². The minimum Gasteiger partial charge on any atom is -0.430 e. The molecule has 0 N–H and O–H groups in total. The molecule has 0 spiro atoms. The number of rotatable bonds is 1. The number of hydrogen-bond donors (Lipinski definition) is 0. The zero-order chi connectivity index (χ0) is 8.97. The van der Waals surface area contributed by atoms with Crippen molar-refractivity contribution in [2.75, 3.05) is 0 Å². The predicted octanol–water partition coefficient (Wildman–Crippen LogP) is 2.13. The molecule has 0 unspecified atom stereocenters. The lowest BCUT2D eigenvalue weighted by Gasteiger charge is -2.01. The number of carbonyl (C=O) groups is 1. The van der Waals surface area contributed by atoms with Gasteiger partial charge in [-0.1, -0.05) is 12.1 Å². The van der Waals surface area contributed by atoms with Crippen LogP contribution in [-0.4, -0.2) is 6.16 Å². The third-order valence-electron chi connectivity index (χ3n) is 1.15. The number of hydrogen-bond acceptors (Lipinski definition) is 3. The Bertz CT molecular complexity index is 285. The number of para-hydroxylation sites is 1. The largest absolute Gasteiger partial charge is 0.514 e. The predicted molar refractivity (Wildman–Crippen MR) is 38.9 cm³/mol. The van der Waals surface area contributed by atoms with Crippen molar-refractivity contribution in [3.63, 3.8) is 0 Å². The summed E-state index contributed by atoms with van der Waals surface area (Å²) >= 11 is 0. The Morgan fingerprint density at radius 1 is 1.42 bits per heavy atom. The fraction of sp³-hybridized carbons (Fsp3) is 0. The fourth-order valence-corrected chi connectivity index (χ4v) is 0.647. The Labute approximate surface area is 68.7 Å². The van der Waals surface area contributed by atoms with E-state index in [-0.39, 0.29) is 5.75 Å². The van der Waals surface area contributed by atoms with Gasteiger partial charge in [-0.05, 0) is 12.1 Å². The summed E-state index contributed by atoms with van der Waals surface area (Å²) in [4.78, 5) is 10.5. The molecule has 12 heavy (non-hydrogen) atoms. The van der Waals surface area contributed by atoms with Gasteiger partial charge >= 0.3 is 6.16 Å². The summed E-state index contributed by atoms with van der Waals surface area (Å²) in [5.41, 5.74) is 0. The van der Waals surface area contributed by atoms with Crippen molar-refractivity contribution < 1.29 is 18.7 Å². The molecule has 0 aliphatic rings. The van der Waals surface area contributed by atoms with Crippen LogP contribution in [0.25, 0.3) is 0 Å². The molecule has 0 aromatic heterocycles. The molecule has 1 aromatic rings. The number of benzene rings is 1. The highest BCUT2D eigenvalue weighted by Crippen LogP contribution is 2.15. The van der Waals surface area contributed by atoms with Gasteiger partial charge in [-0.15, -0.1) is 0 Å². The van der Waals surface area contributed by atoms with E-state index in [1.165, 1.54) is 24.3 Å². The third kappa shape index (κ3) is 1.95. The lowest BCUT2D eigenvalue weighted by Crippen LogP contribution is -2.07. The van der Waals surface area contributed by atoms with Crippen LogP contribution in [0.4, 0.5) is 9.18 Å². The summed E-state index contributed by atoms with van der Waals surface area (Å²) in [5.74, 6) is -0.797. The van der Waals surface area contributed by atoms with Gasteiger partial charge in [-0.25, -0.2) is 9.18 Å². The maximum Gasteiger partial charge on any atom is 0.514 e. The average molecular weight is 169 g/mol. The molecule has 0 atom stereocenters. The van der Waals surface area contributed by atoms with Crippen LogP contribution in [-0.2, 0) is 4.74 Å². The molecule has 0 aliphatic carbocycles. The molecule has 1 aromatic carbocycles. The van der Waals surface area contributed by atoms with Crippen LogP contribution < -0.4 is 4.74 Å². The van der Waals surface area contributed by atoms with Crippen molar-refractivity contribution in [3.05, 3.63) is 37.2 Å². The SMILES string of the molecule is [CH2]OC(=O)Oc1ccccc1F. The summed E-state index contributed by atoms with van der Waals surface area (Å²) in [7, 11) is 2.81. The molecule has 3 nitrogen and oxygen atoms in total. The van der Waals surface area contributed by atoms with E-state index in [0.29, 0.717) is 0 Å². The van der Waals surface area contributed by atoms with E-state index in [9.17, 15) is 9.18 Å². The first-order chi connectivity index (χ1) is 5.74. The first kappa shape index (κ1) is 8.52. The van der Waals surface area contributed by atoms with E-state index in [1.54, 1.807) is 0 Å². The van der Waals surface area contributed by atoms with E-state index in [4.69, 9.17) is 0 Å². The standard InChI is InChI=1S/C8H6FO3/c1-11-8(10)12-7-5-3-2-4-6(7)9/h2-5H,1H2. The molecule has 0 saturated heterocycles. The molecule has 1 rings (SSSR count). The molecule has 0 bridgehead atoms. The van der Waals surface area contributed by atoms with Gasteiger partial charge in [-0.2, -0.15) is 0 Å². The molecule has 4 heteroatoms. The minimum absolute atomic E-state index is 0.175. The van der Waals surface area contributed by atoms with E-state index >= 15 is 0 Å². The summed E-state index contributed by atoms with van der Waals surface area (Å²) in [6.07, 6.45) is -1.04. The first-order valence-electron chi connectivity index (χ1n) is 3.12. The van der Waals surface area contributed by atoms with Gasteiger partial charge < -0.3 is 9.47 Å². The van der Waals surface area contributed by atoms with E-state index < -0.39 is 12.0 Å². The van der Waals surface area contributed by atoms with Gasteiger partial charge in [0.25, 0.3) is 0 Å². The lowest BCUT2D eigenvalue weighted by atomic mass is 10.3. The molecule has 1 radical (unpaired) electrons. The van der Waals surface area contributed by atoms with Gasteiger partial charge in [0.15, 0.2) is 11.6 Å². The van der Waals surface area contributed by atoms with Crippen LogP contribution >= 0.6 is 0 Å². The summed E-state index contributed by atoms with van der Waals surface area (Å²) in [6.45, 7) is 0. The molecule has 0 heterocycles. The first-order valence-corrected chi connectivity index (χ1v) is 3.12. The Morgan fingerprint density at radius 3 is 2.67 bits per heavy atom. The Hall–Kier alpha value is -1.58. The molecule has 63 valence electrons. The smallest absolute Gasteiger partial charge is 0.430 e. The van der Waals surface area contributed by atoms with Gasteiger partial charge in [0, 0.05) is 0 Å². The van der Waals surface area contributed by atoms with Crippen molar-refractivity contribution >= 4 is 6.16 Å². The number of carbonyl (C=O) groups excluding carboxylic acids is 1. The maximum atomic E-state index is 12.7. The molecule has 0 amide bonds. The fourth-order valence-electron chi connectivity index (χ4n) is 0.647. The Balaban J connectivity index is 2.75. The van der Waals surface area contributed by atoms with E-state index in [0.717, 1.165) is 0 Å². The second-order valence-electron chi connectivity index (χ2n) is 1.93. The zero-order valence-corrected chi connectivity index (χ0v) is 6.12. The lowest BCUT2D eigenvalue weighted by molar-refractivity contribution is 0.132. The summed E-state index contributed by atoms with van der Waals surface area (Å²) in [6, 6.07) is 5.50. The molecule has 0 saturated carbocycles. The van der Waals surface area contributed by atoms with Crippen LogP contribution in [0.2, 0.25) is 0 Å². The molecule has 0 aliphatic heterocycles. The monoisotopic (exact) mass is 169 g/mol. The highest BCUT2D eigenvalue weighted by molar-refractivity contribution is 5.63. The van der Waals surface area contributed by atoms with Crippen LogP contribution in [0, 0.1) is 12.9 Å². The van der Waals surface area contributed by atoms with Crippen molar-refractivity contribution in [1.29, 1.82) is 0 Å². The molecular formula is C8H6FO3. The highest BCUT2D eigenvalue weighted by atomic mass is 19.1. The molecule has 0 fully saturated rings.